The summed E-state index contributed by atoms with van der Waals surface area (Å²) in [6, 6.07) is 13.5. The van der Waals surface area contributed by atoms with Crippen LogP contribution in [0.5, 0.6) is 5.75 Å². The van der Waals surface area contributed by atoms with Gasteiger partial charge in [-0.2, -0.15) is 8.42 Å². The van der Waals surface area contributed by atoms with Gasteiger partial charge in [-0.25, -0.2) is 0 Å². The smallest absolute Gasteiger partial charge is 0.286 e. The second-order valence-electron chi connectivity index (χ2n) is 7.84. The number of para-hydroxylation sites is 2. The van der Waals surface area contributed by atoms with Gasteiger partial charge in [0.15, 0.2) is 5.84 Å². The number of aromatic hydroxyl groups is 1. The lowest BCUT2D eigenvalue weighted by molar-refractivity contribution is 0.450. The van der Waals surface area contributed by atoms with E-state index < -0.39 is 15.6 Å². The summed E-state index contributed by atoms with van der Waals surface area (Å²) in [5.41, 5.74) is 0.399. The largest absolute Gasteiger partial charge is 0.506 e. The van der Waals surface area contributed by atoms with Crippen molar-refractivity contribution >= 4 is 32.4 Å². The Morgan fingerprint density at radius 2 is 1.77 bits per heavy atom. The summed E-state index contributed by atoms with van der Waals surface area (Å²) in [4.78, 5) is 13.5. The van der Waals surface area contributed by atoms with Crippen molar-refractivity contribution in [3.8, 4) is 5.75 Å². The van der Waals surface area contributed by atoms with Crippen LogP contribution in [0.4, 0.5) is 5.69 Å². The Labute approximate surface area is 173 Å². The second kappa shape index (κ2) is 6.98. The zero-order valence-corrected chi connectivity index (χ0v) is 17.0. The Morgan fingerprint density at radius 3 is 2.57 bits per heavy atom. The SMILES string of the molecule is O=c1c(C2=NS(=O)(=O)c3ccccc3N2)c(O)c2ccccc2n1CC1CCCC1. The van der Waals surface area contributed by atoms with Gasteiger partial charge in [0.05, 0.1) is 11.2 Å². The van der Waals surface area contributed by atoms with Crippen molar-refractivity contribution in [1.29, 1.82) is 0 Å². The highest BCUT2D eigenvalue weighted by molar-refractivity contribution is 7.90. The van der Waals surface area contributed by atoms with E-state index in [0.717, 1.165) is 25.7 Å². The molecule has 0 amide bonds. The van der Waals surface area contributed by atoms with E-state index in [1.54, 1.807) is 41.0 Å². The van der Waals surface area contributed by atoms with Gasteiger partial charge in [0.1, 0.15) is 16.2 Å². The van der Waals surface area contributed by atoms with Gasteiger partial charge >= 0.3 is 0 Å². The molecular formula is C22H21N3O4S. The number of nitrogens with one attached hydrogen (secondary N) is 1. The lowest BCUT2D eigenvalue weighted by Crippen LogP contribution is -2.33. The highest BCUT2D eigenvalue weighted by Crippen LogP contribution is 2.33. The molecule has 1 aliphatic carbocycles. The minimum atomic E-state index is -4.00. The molecule has 7 nitrogen and oxygen atoms in total. The third kappa shape index (κ3) is 2.99. The maximum Gasteiger partial charge on any atom is 0.286 e. The fourth-order valence-corrected chi connectivity index (χ4v) is 5.58. The first-order valence-electron chi connectivity index (χ1n) is 10.0. The van der Waals surface area contributed by atoms with Crippen LogP contribution in [0.15, 0.2) is 62.6 Å². The second-order valence-corrected chi connectivity index (χ2v) is 9.42. The zero-order chi connectivity index (χ0) is 20.9. The number of sulfonamides is 1. The van der Waals surface area contributed by atoms with Gasteiger partial charge in [0, 0.05) is 11.9 Å². The van der Waals surface area contributed by atoms with E-state index in [-0.39, 0.29) is 22.0 Å². The maximum absolute atomic E-state index is 13.5. The number of anilines is 1. The fraction of sp³-hybridized carbons (Fsp3) is 0.273. The van der Waals surface area contributed by atoms with E-state index >= 15 is 0 Å². The molecule has 0 saturated heterocycles. The molecule has 30 heavy (non-hydrogen) atoms. The summed E-state index contributed by atoms with van der Waals surface area (Å²) in [5.74, 6) is -0.0320. The molecule has 2 aliphatic rings. The quantitative estimate of drug-likeness (QED) is 0.672. The van der Waals surface area contributed by atoms with Gasteiger partial charge in [0.25, 0.3) is 15.6 Å². The van der Waals surface area contributed by atoms with E-state index in [1.807, 2.05) is 6.07 Å². The van der Waals surface area contributed by atoms with E-state index in [2.05, 4.69) is 9.71 Å². The Hall–Kier alpha value is -3.13. The van der Waals surface area contributed by atoms with Gasteiger partial charge < -0.3 is 15.0 Å². The zero-order valence-electron chi connectivity index (χ0n) is 16.2. The van der Waals surface area contributed by atoms with Crippen molar-refractivity contribution in [2.75, 3.05) is 5.32 Å². The minimum absolute atomic E-state index is 0.0420. The monoisotopic (exact) mass is 423 g/mol. The minimum Gasteiger partial charge on any atom is -0.506 e. The molecule has 0 radical (unpaired) electrons. The fourth-order valence-electron chi connectivity index (χ4n) is 4.46. The molecule has 0 spiro atoms. The predicted molar refractivity (Wildman–Crippen MR) is 116 cm³/mol. The predicted octanol–water partition coefficient (Wildman–Crippen LogP) is 3.46. The molecule has 1 aliphatic heterocycles. The molecule has 2 aromatic carbocycles. The Balaban J connectivity index is 1.74. The Morgan fingerprint density at radius 1 is 1.07 bits per heavy atom. The van der Waals surface area contributed by atoms with Gasteiger partial charge in [-0.3, -0.25) is 4.79 Å². The number of hydrogen-bond acceptors (Lipinski definition) is 5. The van der Waals surface area contributed by atoms with E-state index in [9.17, 15) is 18.3 Å². The van der Waals surface area contributed by atoms with Crippen LogP contribution in [0.25, 0.3) is 10.9 Å². The molecule has 0 bridgehead atoms. The van der Waals surface area contributed by atoms with Crippen LogP contribution < -0.4 is 10.9 Å². The molecule has 0 atom stereocenters. The van der Waals surface area contributed by atoms with Crippen LogP contribution in [0.2, 0.25) is 0 Å². The highest BCUT2D eigenvalue weighted by Gasteiger charge is 2.30. The first kappa shape index (κ1) is 18.9. The topological polar surface area (TPSA) is 101 Å². The van der Waals surface area contributed by atoms with Crippen LogP contribution in [0.1, 0.15) is 31.2 Å². The maximum atomic E-state index is 13.5. The van der Waals surface area contributed by atoms with Crippen LogP contribution in [0, 0.1) is 5.92 Å². The lowest BCUT2D eigenvalue weighted by Gasteiger charge is -2.21. The summed E-state index contributed by atoms with van der Waals surface area (Å²) in [7, 11) is -4.00. The Kier molecular flexibility index (Phi) is 4.39. The number of rotatable bonds is 3. The molecule has 154 valence electrons. The number of pyridine rings is 1. The molecule has 2 N–H and O–H groups in total. The van der Waals surface area contributed by atoms with Crippen LogP contribution in [0.3, 0.4) is 0 Å². The van der Waals surface area contributed by atoms with Crippen LogP contribution in [-0.2, 0) is 16.6 Å². The van der Waals surface area contributed by atoms with Gasteiger partial charge in [-0.15, -0.1) is 4.40 Å². The van der Waals surface area contributed by atoms with E-state index in [1.165, 1.54) is 6.07 Å². The van der Waals surface area contributed by atoms with E-state index in [4.69, 9.17) is 0 Å². The van der Waals surface area contributed by atoms with Gasteiger partial charge in [-0.1, -0.05) is 37.1 Å². The molecule has 0 unspecified atom stereocenters. The third-order valence-corrected chi connectivity index (χ3v) is 7.26. The number of benzene rings is 2. The average molecular weight is 423 g/mol. The highest BCUT2D eigenvalue weighted by atomic mass is 32.2. The molecule has 3 aromatic rings. The first-order valence-corrected chi connectivity index (χ1v) is 11.5. The normalized spacial score (nSPS) is 18.1. The summed E-state index contributed by atoms with van der Waals surface area (Å²) in [5, 5.41) is 14.4. The Bertz CT molecular complexity index is 1350. The first-order chi connectivity index (χ1) is 14.5. The number of hydrogen-bond donors (Lipinski definition) is 2. The molecule has 5 rings (SSSR count). The number of aromatic nitrogens is 1. The number of nitrogens with zero attached hydrogens (tertiary/aromatic N) is 2. The number of amidine groups is 1. The lowest BCUT2D eigenvalue weighted by atomic mass is 10.1. The average Bonchev–Trinajstić information content (AvgIpc) is 3.24. The molecule has 8 heteroatoms. The molecular weight excluding hydrogens is 402 g/mol. The van der Waals surface area contributed by atoms with Crippen molar-refractivity contribution in [2.24, 2.45) is 10.3 Å². The van der Waals surface area contributed by atoms with Crippen molar-refractivity contribution in [3.63, 3.8) is 0 Å². The standard InChI is InChI=1S/C22H21N3O4S/c26-20-15-9-3-5-11-17(15)25(13-14-7-1-2-8-14)22(27)19(20)21-23-16-10-4-6-12-18(16)30(28,29)24-21/h3-6,9-12,14,26H,1-2,7-8,13H2,(H,23,24). The molecule has 1 saturated carbocycles. The summed E-state index contributed by atoms with van der Waals surface area (Å²) in [6.45, 7) is 0.531. The summed E-state index contributed by atoms with van der Waals surface area (Å²) >= 11 is 0. The summed E-state index contributed by atoms with van der Waals surface area (Å²) < 4.78 is 30.9. The van der Waals surface area contributed by atoms with Crippen LogP contribution in [-0.4, -0.2) is 23.9 Å². The van der Waals surface area contributed by atoms with E-state index in [0.29, 0.717) is 29.1 Å². The van der Waals surface area contributed by atoms with Crippen molar-refractivity contribution in [3.05, 3.63) is 64.4 Å². The summed E-state index contributed by atoms with van der Waals surface area (Å²) in [6.07, 6.45) is 4.40. The third-order valence-electron chi connectivity index (χ3n) is 5.93. The van der Waals surface area contributed by atoms with Crippen LogP contribution >= 0.6 is 0 Å². The van der Waals surface area contributed by atoms with Gasteiger partial charge in [-0.05, 0) is 43.0 Å². The number of fused-ring (bicyclic) bond motifs is 2. The molecule has 1 fully saturated rings. The van der Waals surface area contributed by atoms with Gasteiger partial charge in [0.2, 0.25) is 0 Å². The molecule has 1 aromatic heterocycles. The van der Waals surface area contributed by atoms with Crippen molar-refractivity contribution in [2.45, 2.75) is 37.1 Å². The molecule has 2 heterocycles. The van der Waals surface area contributed by atoms with Crippen molar-refractivity contribution < 1.29 is 13.5 Å². The van der Waals surface area contributed by atoms with Crippen molar-refractivity contribution in [1.82, 2.24) is 4.57 Å².